The van der Waals surface area contributed by atoms with E-state index in [1.807, 2.05) is 20.8 Å². The van der Waals surface area contributed by atoms with E-state index in [1.54, 1.807) is 16.7 Å². The number of carboxylic acid groups (broad SMARTS) is 1. The predicted molar refractivity (Wildman–Crippen MR) is 87.9 cm³/mol. The highest BCUT2D eigenvalue weighted by Crippen LogP contribution is 2.19. The molecule has 1 fully saturated rings. The number of amides is 2. The molecule has 1 aromatic heterocycles. The lowest BCUT2D eigenvalue weighted by Crippen LogP contribution is -2.53. The van der Waals surface area contributed by atoms with Gasteiger partial charge in [-0.15, -0.1) is 0 Å². The monoisotopic (exact) mass is 333 g/mol. The Hall–Kier alpha value is -2.44. The molecule has 0 bridgehead atoms. The number of rotatable bonds is 2. The summed E-state index contributed by atoms with van der Waals surface area (Å²) in [5.41, 5.74) is 0.201. The molecule has 0 atom stereocenters. The molecule has 130 valence electrons. The number of hydrogen-bond donors (Lipinski definition) is 1. The summed E-state index contributed by atoms with van der Waals surface area (Å²) in [5.74, 6) is -1.22. The van der Waals surface area contributed by atoms with E-state index < -0.39 is 11.4 Å². The molecule has 0 aromatic carbocycles. The number of hydrogen-bond acceptors (Lipinski definition) is 4. The minimum atomic E-state index is -1.06. The van der Waals surface area contributed by atoms with Gasteiger partial charge >= 0.3 is 5.97 Å². The van der Waals surface area contributed by atoms with Crippen LogP contribution < -0.4 is 0 Å². The van der Waals surface area contributed by atoms with Gasteiger partial charge in [-0.3, -0.25) is 9.59 Å². The summed E-state index contributed by atoms with van der Waals surface area (Å²) in [4.78, 5) is 43.3. The van der Waals surface area contributed by atoms with Gasteiger partial charge in [-0.2, -0.15) is 0 Å². The maximum atomic E-state index is 12.5. The van der Waals surface area contributed by atoms with Crippen LogP contribution in [0.3, 0.4) is 0 Å². The average Bonchev–Trinajstić information content (AvgIpc) is 2.52. The van der Waals surface area contributed by atoms with Crippen LogP contribution in [0.1, 0.15) is 47.3 Å². The molecular formula is C17H23N3O4. The van der Waals surface area contributed by atoms with Crippen molar-refractivity contribution in [1.82, 2.24) is 14.8 Å². The molecule has 1 aromatic rings. The molecule has 1 saturated heterocycles. The van der Waals surface area contributed by atoms with Crippen molar-refractivity contribution in [3.8, 4) is 0 Å². The van der Waals surface area contributed by atoms with Crippen LogP contribution in [0.25, 0.3) is 0 Å². The Bertz CT molecular complexity index is 671. The first-order valence-corrected chi connectivity index (χ1v) is 7.91. The van der Waals surface area contributed by atoms with Gasteiger partial charge in [-0.1, -0.05) is 20.8 Å². The third-order valence-corrected chi connectivity index (χ3v) is 4.03. The van der Waals surface area contributed by atoms with Crippen LogP contribution in [0, 0.1) is 12.3 Å². The first-order valence-electron chi connectivity index (χ1n) is 7.91. The zero-order valence-electron chi connectivity index (χ0n) is 14.5. The maximum Gasteiger partial charge on any atom is 0.337 e. The highest BCUT2D eigenvalue weighted by Gasteiger charge is 2.31. The van der Waals surface area contributed by atoms with E-state index in [9.17, 15) is 14.4 Å². The molecule has 0 unspecified atom stereocenters. The SMILES string of the molecule is Cc1nc(C(=O)N2CCN(C(=O)C(C)(C)C)CC2)ccc1C(=O)O. The van der Waals surface area contributed by atoms with Crippen molar-refractivity contribution in [1.29, 1.82) is 0 Å². The van der Waals surface area contributed by atoms with E-state index in [0.29, 0.717) is 31.9 Å². The Morgan fingerprint density at radius 1 is 1.04 bits per heavy atom. The van der Waals surface area contributed by atoms with Crippen molar-refractivity contribution < 1.29 is 19.5 Å². The molecule has 1 N–H and O–H groups in total. The van der Waals surface area contributed by atoms with Crippen LogP contribution in [0.5, 0.6) is 0 Å². The number of carbonyl (C=O) groups is 3. The Morgan fingerprint density at radius 3 is 2.04 bits per heavy atom. The van der Waals surface area contributed by atoms with Gasteiger partial charge in [-0.05, 0) is 19.1 Å². The second-order valence-corrected chi connectivity index (χ2v) is 6.97. The van der Waals surface area contributed by atoms with Gasteiger partial charge < -0.3 is 14.9 Å². The lowest BCUT2D eigenvalue weighted by molar-refractivity contribution is -0.140. The van der Waals surface area contributed by atoms with Crippen LogP contribution >= 0.6 is 0 Å². The number of nitrogens with zero attached hydrogens (tertiary/aromatic N) is 3. The molecule has 0 aliphatic carbocycles. The number of aromatic carboxylic acids is 1. The number of aromatic nitrogens is 1. The highest BCUT2D eigenvalue weighted by atomic mass is 16.4. The number of carboxylic acids is 1. The standard InChI is InChI=1S/C17H23N3O4/c1-11-12(15(22)23)5-6-13(18-11)14(21)19-7-9-20(10-8-19)16(24)17(2,3)4/h5-6H,7-10H2,1-4H3,(H,22,23). The van der Waals surface area contributed by atoms with Gasteiger partial charge in [0.05, 0.1) is 11.3 Å². The number of pyridine rings is 1. The molecule has 1 aliphatic heterocycles. The molecule has 2 rings (SSSR count). The molecule has 0 radical (unpaired) electrons. The quantitative estimate of drug-likeness (QED) is 0.884. The molecule has 1 aliphatic rings. The number of carbonyl (C=O) groups excluding carboxylic acids is 2. The lowest BCUT2D eigenvalue weighted by atomic mass is 9.94. The van der Waals surface area contributed by atoms with Crippen molar-refractivity contribution in [3.05, 3.63) is 29.1 Å². The Labute approximate surface area is 141 Å². The van der Waals surface area contributed by atoms with Crippen LogP contribution in [0.2, 0.25) is 0 Å². The van der Waals surface area contributed by atoms with Gasteiger partial charge in [-0.25, -0.2) is 9.78 Å². The zero-order chi connectivity index (χ0) is 18.1. The second kappa shape index (κ2) is 6.59. The summed E-state index contributed by atoms with van der Waals surface area (Å²) in [6.45, 7) is 9.09. The third-order valence-electron chi connectivity index (χ3n) is 4.03. The van der Waals surface area contributed by atoms with Gasteiger partial charge in [0.25, 0.3) is 5.91 Å². The van der Waals surface area contributed by atoms with E-state index in [1.165, 1.54) is 12.1 Å². The van der Waals surface area contributed by atoms with Crippen LogP contribution in [0.4, 0.5) is 0 Å². The number of piperazine rings is 1. The minimum absolute atomic E-state index is 0.0781. The maximum absolute atomic E-state index is 12.5. The van der Waals surface area contributed by atoms with Gasteiger partial charge in [0.2, 0.25) is 5.91 Å². The Kier molecular flexibility index (Phi) is 4.91. The van der Waals surface area contributed by atoms with E-state index in [2.05, 4.69) is 4.98 Å². The topological polar surface area (TPSA) is 90.8 Å². The van der Waals surface area contributed by atoms with Gasteiger partial charge in [0.15, 0.2) is 0 Å². The van der Waals surface area contributed by atoms with E-state index in [4.69, 9.17) is 5.11 Å². The molecule has 0 saturated carbocycles. The van der Waals surface area contributed by atoms with Crippen LogP contribution in [-0.2, 0) is 4.79 Å². The fourth-order valence-electron chi connectivity index (χ4n) is 2.66. The zero-order valence-corrected chi connectivity index (χ0v) is 14.5. The first kappa shape index (κ1) is 17.9. The Morgan fingerprint density at radius 2 is 1.58 bits per heavy atom. The molecule has 7 heteroatoms. The molecule has 7 nitrogen and oxygen atoms in total. The fourth-order valence-corrected chi connectivity index (χ4v) is 2.66. The molecule has 0 spiro atoms. The van der Waals surface area contributed by atoms with Crippen molar-refractivity contribution in [2.75, 3.05) is 26.2 Å². The third kappa shape index (κ3) is 3.72. The number of aryl methyl sites for hydroxylation is 1. The normalized spacial score (nSPS) is 15.3. The second-order valence-electron chi connectivity index (χ2n) is 6.97. The van der Waals surface area contributed by atoms with Crippen LogP contribution in [0.15, 0.2) is 12.1 Å². The van der Waals surface area contributed by atoms with Gasteiger partial charge in [0, 0.05) is 31.6 Å². The highest BCUT2D eigenvalue weighted by molar-refractivity contribution is 5.94. The smallest absolute Gasteiger partial charge is 0.337 e. The molecule has 2 heterocycles. The van der Waals surface area contributed by atoms with Crippen molar-refractivity contribution in [2.45, 2.75) is 27.7 Å². The average molecular weight is 333 g/mol. The van der Waals surface area contributed by atoms with E-state index >= 15 is 0 Å². The fraction of sp³-hybridized carbons (Fsp3) is 0.529. The summed E-state index contributed by atoms with van der Waals surface area (Å²) in [6, 6.07) is 2.84. The molecular weight excluding hydrogens is 310 g/mol. The summed E-state index contributed by atoms with van der Waals surface area (Å²) in [5, 5.41) is 9.02. The first-order chi connectivity index (χ1) is 11.1. The Balaban J connectivity index is 2.04. The van der Waals surface area contributed by atoms with Crippen LogP contribution in [-0.4, -0.2) is 63.9 Å². The summed E-state index contributed by atoms with van der Waals surface area (Å²) in [6.07, 6.45) is 0. The summed E-state index contributed by atoms with van der Waals surface area (Å²) >= 11 is 0. The summed E-state index contributed by atoms with van der Waals surface area (Å²) < 4.78 is 0. The molecule has 2 amide bonds. The largest absolute Gasteiger partial charge is 0.478 e. The van der Waals surface area contributed by atoms with Gasteiger partial charge in [0.1, 0.15) is 5.69 Å². The summed E-state index contributed by atoms with van der Waals surface area (Å²) in [7, 11) is 0. The van der Waals surface area contributed by atoms with E-state index in [0.717, 1.165) is 0 Å². The lowest BCUT2D eigenvalue weighted by Gasteiger charge is -2.37. The van der Waals surface area contributed by atoms with Crippen molar-refractivity contribution in [3.63, 3.8) is 0 Å². The van der Waals surface area contributed by atoms with Crippen molar-refractivity contribution >= 4 is 17.8 Å². The minimum Gasteiger partial charge on any atom is -0.478 e. The van der Waals surface area contributed by atoms with Crippen molar-refractivity contribution in [2.24, 2.45) is 5.41 Å². The molecule has 24 heavy (non-hydrogen) atoms. The predicted octanol–water partition coefficient (Wildman–Crippen LogP) is 1.42. The van der Waals surface area contributed by atoms with E-state index in [-0.39, 0.29) is 23.1 Å².